The highest BCUT2D eigenvalue weighted by molar-refractivity contribution is 5.84. The molecule has 1 atom stereocenters. The average molecular weight is 383 g/mol. The van der Waals surface area contributed by atoms with Crippen molar-refractivity contribution in [1.29, 1.82) is 0 Å². The number of carbonyl (C=O) groups excluding carboxylic acids is 1. The molecule has 0 saturated carbocycles. The number of nitrogens with zero attached hydrogens (tertiary/aromatic N) is 4. The zero-order chi connectivity index (χ0) is 19.7. The number of benzene rings is 1. The second kappa shape index (κ2) is 7.64. The molecule has 1 aromatic carbocycles. The van der Waals surface area contributed by atoms with Crippen molar-refractivity contribution < 1.29 is 9.53 Å². The lowest BCUT2D eigenvalue weighted by Gasteiger charge is -2.36. The van der Waals surface area contributed by atoms with Gasteiger partial charge in [0.1, 0.15) is 18.0 Å². The molecule has 2 aliphatic heterocycles. The molecular formula is C21H29N5O2. The monoisotopic (exact) mass is 383 g/mol. The van der Waals surface area contributed by atoms with Crippen LogP contribution < -0.4 is 5.32 Å². The highest BCUT2D eigenvalue weighted by Gasteiger charge is 2.42. The Bertz CT molecular complexity index is 862. The van der Waals surface area contributed by atoms with Gasteiger partial charge in [0.2, 0.25) is 5.91 Å². The summed E-state index contributed by atoms with van der Waals surface area (Å²) in [5, 5.41) is 11.6. The summed E-state index contributed by atoms with van der Waals surface area (Å²) >= 11 is 0. The Balaban J connectivity index is 1.39. The van der Waals surface area contributed by atoms with Crippen LogP contribution in [-0.2, 0) is 34.6 Å². The zero-order valence-electron chi connectivity index (χ0n) is 16.9. The fourth-order valence-electron chi connectivity index (χ4n) is 4.17. The van der Waals surface area contributed by atoms with Crippen molar-refractivity contribution in [3.63, 3.8) is 0 Å². The van der Waals surface area contributed by atoms with Crippen molar-refractivity contribution in [3.8, 4) is 0 Å². The molecule has 1 N–H and O–H groups in total. The van der Waals surface area contributed by atoms with E-state index in [0.29, 0.717) is 19.8 Å². The summed E-state index contributed by atoms with van der Waals surface area (Å²) < 4.78 is 7.65. The normalized spacial score (nSPS) is 22.0. The molecule has 7 nitrogen and oxygen atoms in total. The SMILES string of the molecule is CC(C)c1nnc2n1C(C)(C(=O)NCCN1CCc3ccccc3C1)COC2. The van der Waals surface area contributed by atoms with Crippen molar-refractivity contribution in [2.45, 2.75) is 51.8 Å². The number of amides is 1. The van der Waals surface area contributed by atoms with Gasteiger partial charge in [-0.05, 0) is 24.5 Å². The highest BCUT2D eigenvalue weighted by atomic mass is 16.5. The second-order valence-electron chi connectivity index (χ2n) is 8.28. The molecule has 1 aromatic heterocycles. The van der Waals surface area contributed by atoms with Crippen molar-refractivity contribution in [3.05, 3.63) is 47.0 Å². The Morgan fingerprint density at radius 1 is 1.29 bits per heavy atom. The van der Waals surface area contributed by atoms with Gasteiger partial charge >= 0.3 is 0 Å². The van der Waals surface area contributed by atoms with E-state index in [1.807, 2.05) is 11.5 Å². The second-order valence-corrected chi connectivity index (χ2v) is 8.28. The highest BCUT2D eigenvalue weighted by Crippen LogP contribution is 2.29. The minimum Gasteiger partial charge on any atom is -0.370 e. The minimum atomic E-state index is -0.814. The standard InChI is InChI=1S/C21H29N5O2/c1-15(2)19-24-23-18-13-28-14-21(3,26(18)19)20(27)22-9-11-25-10-8-16-6-4-5-7-17(16)12-25/h4-7,15H,8-14H2,1-3H3,(H,22,27). The Morgan fingerprint density at radius 3 is 2.86 bits per heavy atom. The lowest BCUT2D eigenvalue weighted by atomic mass is 9.98. The molecule has 1 unspecified atom stereocenters. The van der Waals surface area contributed by atoms with E-state index in [2.05, 4.69) is 58.5 Å². The van der Waals surface area contributed by atoms with Gasteiger partial charge in [-0.1, -0.05) is 38.1 Å². The number of fused-ring (bicyclic) bond motifs is 2. The van der Waals surface area contributed by atoms with Crippen molar-refractivity contribution >= 4 is 5.91 Å². The summed E-state index contributed by atoms with van der Waals surface area (Å²) in [4.78, 5) is 15.5. The first-order valence-corrected chi connectivity index (χ1v) is 10.1. The lowest BCUT2D eigenvalue weighted by molar-refractivity contribution is -0.135. The lowest BCUT2D eigenvalue weighted by Crippen LogP contribution is -2.54. The summed E-state index contributed by atoms with van der Waals surface area (Å²) in [5.41, 5.74) is 2.02. The van der Waals surface area contributed by atoms with Crippen LogP contribution in [0, 0.1) is 0 Å². The predicted molar refractivity (Wildman–Crippen MR) is 106 cm³/mol. The summed E-state index contributed by atoms with van der Waals surface area (Å²) in [7, 11) is 0. The third-order valence-electron chi connectivity index (χ3n) is 5.79. The first-order valence-electron chi connectivity index (χ1n) is 10.1. The van der Waals surface area contributed by atoms with Crippen LogP contribution in [0.1, 0.15) is 49.5 Å². The topological polar surface area (TPSA) is 72.3 Å². The van der Waals surface area contributed by atoms with Crippen molar-refractivity contribution in [2.75, 3.05) is 26.2 Å². The zero-order valence-corrected chi connectivity index (χ0v) is 16.9. The van der Waals surface area contributed by atoms with Gasteiger partial charge in [0.25, 0.3) is 0 Å². The number of hydrogen-bond donors (Lipinski definition) is 1. The van der Waals surface area contributed by atoms with Gasteiger partial charge in [-0.25, -0.2) is 0 Å². The van der Waals surface area contributed by atoms with E-state index in [9.17, 15) is 4.79 Å². The van der Waals surface area contributed by atoms with E-state index in [-0.39, 0.29) is 11.8 Å². The third-order valence-corrected chi connectivity index (χ3v) is 5.79. The first-order chi connectivity index (χ1) is 13.5. The fourth-order valence-corrected chi connectivity index (χ4v) is 4.17. The molecule has 0 spiro atoms. The van der Waals surface area contributed by atoms with Crippen LogP contribution >= 0.6 is 0 Å². The maximum absolute atomic E-state index is 13.1. The molecule has 0 bridgehead atoms. The van der Waals surface area contributed by atoms with Crippen LogP contribution in [0.5, 0.6) is 0 Å². The maximum Gasteiger partial charge on any atom is 0.248 e. The summed E-state index contributed by atoms with van der Waals surface area (Å²) in [6.07, 6.45) is 1.07. The summed E-state index contributed by atoms with van der Waals surface area (Å²) in [5.74, 6) is 1.72. The van der Waals surface area contributed by atoms with Gasteiger partial charge in [0, 0.05) is 32.1 Å². The number of aromatic nitrogens is 3. The Hall–Kier alpha value is -2.25. The molecule has 0 fully saturated rings. The molecule has 2 aliphatic rings. The quantitative estimate of drug-likeness (QED) is 0.853. The van der Waals surface area contributed by atoms with Crippen LogP contribution in [0.4, 0.5) is 0 Å². The molecule has 4 rings (SSSR count). The average Bonchev–Trinajstić information content (AvgIpc) is 3.14. The van der Waals surface area contributed by atoms with E-state index in [1.165, 1.54) is 11.1 Å². The van der Waals surface area contributed by atoms with Crippen LogP contribution in [0.15, 0.2) is 24.3 Å². The van der Waals surface area contributed by atoms with Gasteiger partial charge < -0.3 is 10.1 Å². The largest absolute Gasteiger partial charge is 0.370 e. The maximum atomic E-state index is 13.1. The molecule has 28 heavy (non-hydrogen) atoms. The van der Waals surface area contributed by atoms with Crippen LogP contribution in [-0.4, -0.2) is 51.8 Å². The Labute approximate surface area is 166 Å². The number of hydrogen-bond acceptors (Lipinski definition) is 5. The van der Waals surface area contributed by atoms with E-state index in [1.54, 1.807) is 0 Å². The molecule has 150 valence electrons. The number of carbonyl (C=O) groups is 1. The summed E-state index contributed by atoms with van der Waals surface area (Å²) in [6.45, 7) is 10.2. The number of nitrogens with one attached hydrogen (secondary N) is 1. The molecule has 7 heteroatoms. The van der Waals surface area contributed by atoms with Gasteiger partial charge in [-0.3, -0.25) is 14.3 Å². The van der Waals surface area contributed by atoms with E-state index in [4.69, 9.17) is 4.74 Å². The summed E-state index contributed by atoms with van der Waals surface area (Å²) in [6, 6.07) is 8.60. The Kier molecular flexibility index (Phi) is 5.21. The van der Waals surface area contributed by atoms with Gasteiger partial charge in [-0.15, -0.1) is 10.2 Å². The van der Waals surface area contributed by atoms with Gasteiger partial charge in [-0.2, -0.15) is 0 Å². The van der Waals surface area contributed by atoms with E-state index in [0.717, 1.165) is 37.7 Å². The predicted octanol–water partition coefficient (Wildman–Crippen LogP) is 1.82. The molecule has 3 heterocycles. The van der Waals surface area contributed by atoms with Gasteiger partial charge in [0.15, 0.2) is 5.82 Å². The van der Waals surface area contributed by atoms with Crippen molar-refractivity contribution in [1.82, 2.24) is 25.0 Å². The van der Waals surface area contributed by atoms with E-state index < -0.39 is 5.54 Å². The van der Waals surface area contributed by atoms with Crippen LogP contribution in [0.3, 0.4) is 0 Å². The molecule has 0 saturated heterocycles. The fraction of sp³-hybridized carbons (Fsp3) is 0.571. The van der Waals surface area contributed by atoms with Crippen molar-refractivity contribution in [2.24, 2.45) is 0 Å². The molecule has 0 radical (unpaired) electrons. The number of rotatable bonds is 5. The first kappa shape index (κ1) is 19.1. The molecule has 2 aromatic rings. The molecular weight excluding hydrogens is 354 g/mol. The smallest absolute Gasteiger partial charge is 0.248 e. The van der Waals surface area contributed by atoms with Crippen LogP contribution in [0.25, 0.3) is 0 Å². The third kappa shape index (κ3) is 3.44. The minimum absolute atomic E-state index is 0.0347. The van der Waals surface area contributed by atoms with Gasteiger partial charge in [0.05, 0.1) is 6.61 Å². The molecule has 0 aliphatic carbocycles. The molecule has 1 amide bonds. The number of ether oxygens (including phenoxy) is 1. The van der Waals surface area contributed by atoms with Crippen LogP contribution in [0.2, 0.25) is 0 Å². The van der Waals surface area contributed by atoms with E-state index >= 15 is 0 Å². The Morgan fingerprint density at radius 2 is 2.07 bits per heavy atom.